The highest BCUT2D eigenvalue weighted by Crippen LogP contribution is 2.30. The number of halogens is 1. The van der Waals surface area contributed by atoms with E-state index < -0.39 is 11.9 Å². The maximum absolute atomic E-state index is 14.2. The second-order valence-electron chi connectivity index (χ2n) is 9.92. The molecule has 1 N–H and O–H groups in total. The Morgan fingerprint density at radius 2 is 1.68 bits per heavy atom. The molecule has 0 aliphatic rings. The molecule has 0 spiro atoms. The van der Waals surface area contributed by atoms with Crippen molar-refractivity contribution in [1.82, 2.24) is 24.9 Å². The molecule has 0 unspecified atom stereocenters. The molecule has 6 aromatic rings. The van der Waals surface area contributed by atoms with Gasteiger partial charge < -0.3 is 15.0 Å². The van der Waals surface area contributed by atoms with Crippen molar-refractivity contribution in [3.05, 3.63) is 124 Å². The van der Waals surface area contributed by atoms with Gasteiger partial charge in [-0.3, -0.25) is 9.59 Å². The highest BCUT2D eigenvalue weighted by molar-refractivity contribution is 7.09. The lowest BCUT2D eigenvalue weighted by atomic mass is 10.0. The molecule has 220 valence electrons. The number of aromatic nitrogens is 4. The van der Waals surface area contributed by atoms with Gasteiger partial charge in [-0.2, -0.15) is 0 Å². The standard InChI is InChI=1S/C33H27ClN6O3S/c1-43-26-17-15-25(16-18-26)35-33(42)32(23-11-13-24(34)14-12-23)39(19-30-36-28(21-44-30)22-7-3-2-4-8-22)31(41)20-40-29-10-6-5-9-27(29)37-38-40/h2-18,21,32H,19-20H2,1H3,(H,35,42)/t32-/m1/s1. The molecule has 9 nitrogen and oxygen atoms in total. The van der Waals surface area contributed by atoms with Gasteiger partial charge in [-0.05, 0) is 54.1 Å². The number of ether oxygens (including phenoxy) is 1. The molecule has 11 heteroatoms. The van der Waals surface area contributed by atoms with Crippen LogP contribution in [0.1, 0.15) is 16.6 Å². The van der Waals surface area contributed by atoms with Crippen molar-refractivity contribution in [1.29, 1.82) is 0 Å². The average molecular weight is 623 g/mol. The SMILES string of the molecule is COc1ccc(NC(=O)[C@@H](c2ccc(Cl)cc2)N(Cc2nc(-c3ccccc3)cs2)C(=O)Cn2nnc3ccccc32)cc1. The molecule has 4 aromatic carbocycles. The molecule has 0 saturated carbocycles. The number of rotatable bonds is 10. The van der Waals surface area contributed by atoms with E-state index in [2.05, 4.69) is 15.6 Å². The Morgan fingerprint density at radius 1 is 0.955 bits per heavy atom. The molecule has 0 aliphatic heterocycles. The van der Waals surface area contributed by atoms with Crippen molar-refractivity contribution in [3.8, 4) is 17.0 Å². The maximum Gasteiger partial charge on any atom is 0.251 e. The highest BCUT2D eigenvalue weighted by Gasteiger charge is 2.33. The van der Waals surface area contributed by atoms with E-state index >= 15 is 0 Å². The number of anilines is 1. The molecule has 6 rings (SSSR count). The molecule has 1 atom stereocenters. The molecule has 44 heavy (non-hydrogen) atoms. The molecule has 0 saturated heterocycles. The first-order valence-corrected chi connectivity index (χ1v) is 15.0. The van der Waals surface area contributed by atoms with Crippen LogP contribution in [0.15, 0.2) is 109 Å². The first kappa shape index (κ1) is 29.0. The van der Waals surface area contributed by atoms with Gasteiger partial charge in [-0.15, -0.1) is 16.4 Å². The van der Waals surface area contributed by atoms with E-state index in [0.717, 1.165) is 11.3 Å². The lowest BCUT2D eigenvalue weighted by Gasteiger charge is -2.31. The monoisotopic (exact) mass is 622 g/mol. The van der Waals surface area contributed by atoms with Crippen molar-refractivity contribution in [2.24, 2.45) is 0 Å². The van der Waals surface area contributed by atoms with Gasteiger partial charge in [0.05, 0.1) is 24.9 Å². The lowest BCUT2D eigenvalue weighted by Crippen LogP contribution is -2.42. The Hall–Kier alpha value is -5.06. The van der Waals surface area contributed by atoms with E-state index in [1.54, 1.807) is 60.3 Å². The molecular weight excluding hydrogens is 596 g/mol. The number of benzene rings is 4. The van der Waals surface area contributed by atoms with Crippen LogP contribution in [0.3, 0.4) is 0 Å². The fraction of sp³-hybridized carbons (Fsp3) is 0.121. The fourth-order valence-corrected chi connectivity index (χ4v) is 5.78. The summed E-state index contributed by atoms with van der Waals surface area (Å²) in [6.07, 6.45) is 0. The Kier molecular flexibility index (Phi) is 8.62. The van der Waals surface area contributed by atoms with Crippen LogP contribution in [-0.2, 0) is 22.7 Å². The van der Waals surface area contributed by atoms with E-state index in [0.29, 0.717) is 38.1 Å². The lowest BCUT2D eigenvalue weighted by molar-refractivity contribution is -0.140. The zero-order valence-corrected chi connectivity index (χ0v) is 25.2. The highest BCUT2D eigenvalue weighted by atomic mass is 35.5. The number of carbonyl (C=O) groups excluding carboxylic acids is 2. The number of methoxy groups -OCH3 is 1. The number of carbonyl (C=O) groups is 2. The minimum Gasteiger partial charge on any atom is -0.497 e. The van der Waals surface area contributed by atoms with E-state index in [9.17, 15) is 9.59 Å². The van der Waals surface area contributed by atoms with Gasteiger partial charge in [-0.25, -0.2) is 9.67 Å². The second kappa shape index (κ2) is 13.1. The number of nitrogens with one attached hydrogen (secondary N) is 1. The summed E-state index contributed by atoms with van der Waals surface area (Å²) in [4.78, 5) is 34.7. The van der Waals surface area contributed by atoms with E-state index in [1.807, 2.05) is 60.0 Å². The van der Waals surface area contributed by atoms with Crippen LogP contribution in [0.4, 0.5) is 5.69 Å². The topological polar surface area (TPSA) is 102 Å². The largest absolute Gasteiger partial charge is 0.497 e. The van der Waals surface area contributed by atoms with Gasteiger partial charge in [0.25, 0.3) is 5.91 Å². The summed E-state index contributed by atoms with van der Waals surface area (Å²) in [5.74, 6) is -0.0665. The molecule has 0 fully saturated rings. The van der Waals surface area contributed by atoms with Gasteiger partial charge in [-0.1, -0.05) is 71.4 Å². The molecule has 2 heterocycles. The molecule has 2 aromatic heterocycles. The Labute approximate surface area is 262 Å². The van der Waals surface area contributed by atoms with Crippen LogP contribution in [0.2, 0.25) is 5.02 Å². The van der Waals surface area contributed by atoms with Crippen LogP contribution in [0.5, 0.6) is 5.75 Å². The van der Waals surface area contributed by atoms with Crippen LogP contribution >= 0.6 is 22.9 Å². The number of fused-ring (bicyclic) bond motifs is 1. The molecule has 0 radical (unpaired) electrons. The summed E-state index contributed by atoms with van der Waals surface area (Å²) in [6, 6.07) is 30.1. The fourth-order valence-electron chi connectivity index (χ4n) is 4.85. The third-order valence-corrected chi connectivity index (χ3v) is 8.14. The number of hydrogen-bond donors (Lipinski definition) is 1. The van der Waals surface area contributed by atoms with Gasteiger partial charge in [0.15, 0.2) is 0 Å². The molecule has 2 amide bonds. The normalized spacial score (nSPS) is 11.7. The van der Waals surface area contributed by atoms with Crippen molar-refractivity contribution in [3.63, 3.8) is 0 Å². The predicted octanol–water partition coefficient (Wildman–Crippen LogP) is 6.63. The zero-order chi connectivity index (χ0) is 30.5. The van der Waals surface area contributed by atoms with Crippen LogP contribution in [-0.4, -0.2) is 43.8 Å². The minimum absolute atomic E-state index is 0.0896. The number of para-hydroxylation sites is 1. The Morgan fingerprint density at radius 3 is 2.43 bits per heavy atom. The summed E-state index contributed by atoms with van der Waals surface area (Å²) in [6.45, 7) is -0.0381. The minimum atomic E-state index is -1.01. The number of nitrogens with zero attached hydrogens (tertiary/aromatic N) is 5. The van der Waals surface area contributed by atoms with E-state index in [-0.39, 0.29) is 19.0 Å². The van der Waals surface area contributed by atoms with Crippen LogP contribution in [0, 0.1) is 0 Å². The Balaban J connectivity index is 1.38. The van der Waals surface area contributed by atoms with E-state index in [1.165, 1.54) is 16.2 Å². The van der Waals surface area contributed by atoms with Crippen molar-refractivity contribution < 1.29 is 14.3 Å². The zero-order valence-electron chi connectivity index (χ0n) is 23.6. The smallest absolute Gasteiger partial charge is 0.251 e. The quantitative estimate of drug-likeness (QED) is 0.184. The first-order valence-electron chi connectivity index (χ1n) is 13.8. The van der Waals surface area contributed by atoms with Crippen molar-refractivity contribution in [2.45, 2.75) is 19.1 Å². The summed E-state index contributed by atoms with van der Waals surface area (Å²) in [5, 5.41) is 14.5. The van der Waals surface area contributed by atoms with Crippen molar-refractivity contribution >= 4 is 51.5 Å². The first-order chi connectivity index (χ1) is 21.5. The third-order valence-electron chi connectivity index (χ3n) is 7.06. The predicted molar refractivity (Wildman–Crippen MR) is 171 cm³/mol. The Bertz CT molecular complexity index is 1890. The number of thiazole rings is 1. The number of hydrogen-bond acceptors (Lipinski definition) is 7. The second-order valence-corrected chi connectivity index (χ2v) is 11.3. The molecular formula is C33H27ClN6O3S. The summed E-state index contributed by atoms with van der Waals surface area (Å²) < 4.78 is 6.80. The van der Waals surface area contributed by atoms with Gasteiger partial charge in [0, 0.05) is 21.7 Å². The van der Waals surface area contributed by atoms with Gasteiger partial charge >= 0.3 is 0 Å². The molecule has 0 aliphatic carbocycles. The van der Waals surface area contributed by atoms with Crippen LogP contribution in [0.25, 0.3) is 22.3 Å². The number of amides is 2. The third kappa shape index (κ3) is 6.46. The van der Waals surface area contributed by atoms with Gasteiger partial charge in [0.1, 0.15) is 28.9 Å². The van der Waals surface area contributed by atoms with Crippen molar-refractivity contribution in [2.75, 3.05) is 12.4 Å². The van der Waals surface area contributed by atoms with Crippen LogP contribution < -0.4 is 10.1 Å². The summed E-state index contributed by atoms with van der Waals surface area (Å²) in [5.41, 5.74) is 4.31. The maximum atomic E-state index is 14.2. The average Bonchev–Trinajstić information content (AvgIpc) is 3.70. The van der Waals surface area contributed by atoms with E-state index in [4.69, 9.17) is 21.3 Å². The summed E-state index contributed by atoms with van der Waals surface area (Å²) >= 11 is 7.65. The molecule has 0 bridgehead atoms. The summed E-state index contributed by atoms with van der Waals surface area (Å²) in [7, 11) is 1.58. The van der Waals surface area contributed by atoms with Gasteiger partial charge in [0.2, 0.25) is 5.91 Å².